The van der Waals surface area contributed by atoms with Crippen molar-refractivity contribution in [1.82, 2.24) is 9.88 Å². The van der Waals surface area contributed by atoms with Gasteiger partial charge in [0.15, 0.2) is 0 Å². The Morgan fingerprint density at radius 2 is 1.77 bits per heavy atom. The monoisotopic (exact) mass is 421 g/mol. The third kappa shape index (κ3) is 7.63. The Bertz CT molecular complexity index is 907. The van der Waals surface area contributed by atoms with Crippen molar-refractivity contribution in [2.75, 3.05) is 31.6 Å². The molecule has 0 atom stereocenters. The third-order valence-corrected chi connectivity index (χ3v) is 5.59. The molecule has 0 saturated heterocycles. The molecule has 0 aliphatic rings. The van der Waals surface area contributed by atoms with E-state index in [0.717, 1.165) is 35.0 Å². The summed E-state index contributed by atoms with van der Waals surface area (Å²) in [7, 11) is 0. The van der Waals surface area contributed by atoms with Gasteiger partial charge in [0.05, 0.1) is 18.2 Å². The predicted molar refractivity (Wildman–Crippen MR) is 123 cm³/mol. The summed E-state index contributed by atoms with van der Waals surface area (Å²) in [4.78, 5) is 18.8. The molecular formula is C24H27N3O2S. The number of nitrogens with one attached hydrogen (secondary N) is 1. The average Bonchev–Trinajstić information content (AvgIpc) is 2.78. The number of pyridine rings is 1. The van der Waals surface area contributed by atoms with Crippen LogP contribution in [0.25, 0.3) is 0 Å². The first-order valence-corrected chi connectivity index (χ1v) is 11.0. The van der Waals surface area contributed by atoms with E-state index in [1.165, 1.54) is 5.56 Å². The van der Waals surface area contributed by atoms with Gasteiger partial charge in [-0.25, -0.2) is 4.98 Å². The number of carbonyl (C=O) groups is 1. The molecule has 5 nitrogen and oxygen atoms in total. The van der Waals surface area contributed by atoms with E-state index in [-0.39, 0.29) is 19.1 Å². The standard InChI is InChI=1S/C24H27N3O2S/c28-16-15-27(14-12-20-7-2-1-3-8-20)18-23(29)26-22-10-6-9-21(17-22)19-30-24-11-4-5-13-25-24/h1-11,13,17,28H,12,14-16,18-19H2,(H,26,29). The number of nitrogens with zero attached hydrogens (tertiary/aromatic N) is 2. The molecule has 1 aromatic heterocycles. The Balaban J connectivity index is 1.51. The SMILES string of the molecule is O=C(CN(CCO)CCc1ccccc1)Nc1cccc(CSc2ccccn2)c1. The second-order valence-corrected chi connectivity index (χ2v) is 7.94. The van der Waals surface area contributed by atoms with Crippen LogP contribution in [0, 0.1) is 0 Å². The molecule has 0 unspecified atom stereocenters. The maximum absolute atomic E-state index is 12.6. The van der Waals surface area contributed by atoms with Gasteiger partial charge in [-0.15, -0.1) is 11.8 Å². The van der Waals surface area contributed by atoms with E-state index < -0.39 is 0 Å². The van der Waals surface area contributed by atoms with Crippen LogP contribution in [0.1, 0.15) is 11.1 Å². The minimum Gasteiger partial charge on any atom is -0.395 e. The summed E-state index contributed by atoms with van der Waals surface area (Å²) in [5, 5.41) is 13.3. The molecule has 0 spiro atoms. The number of hydrogen-bond donors (Lipinski definition) is 2. The number of aliphatic hydroxyl groups is 1. The van der Waals surface area contributed by atoms with Crippen molar-refractivity contribution < 1.29 is 9.90 Å². The normalized spacial score (nSPS) is 10.9. The summed E-state index contributed by atoms with van der Waals surface area (Å²) in [5.74, 6) is 0.708. The first kappa shape index (κ1) is 22.0. The van der Waals surface area contributed by atoms with Crippen molar-refractivity contribution in [2.24, 2.45) is 0 Å². The first-order chi connectivity index (χ1) is 14.7. The Morgan fingerprint density at radius 3 is 2.53 bits per heavy atom. The topological polar surface area (TPSA) is 65.5 Å². The minimum absolute atomic E-state index is 0.0301. The fourth-order valence-electron chi connectivity index (χ4n) is 3.08. The summed E-state index contributed by atoms with van der Waals surface area (Å²) in [6.07, 6.45) is 2.63. The average molecular weight is 422 g/mol. The molecule has 30 heavy (non-hydrogen) atoms. The number of benzene rings is 2. The summed E-state index contributed by atoms with van der Waals surface area (Å²) in [6.45, 7) is 1.47. The molecule has 0 fully saturated rings. The summed E-state index contributed by atoms with van der Waals surface area (Å²) >= 11 is 1.66. The summed E-state index contributed by atoms with van der Waals surface area (Å²) in [5.41, 5.74) is 3.13. The Kier molecular flexibility index (Phi) is 8.90. The van der Waals surface area contributed by atoms with E-state index in [9.17, 15) is 9.90 Å². The molecule has 3 rings (SSSR count). The van der Waals surface area contributed by atoms with Gasteiger partial charge < -0.3 is 10.4 Å². The lowest BCUT2D eigenvalue weighted by molar-refractivity contribution is -0.117. The van der Waals surface area contributed by atoms with Crippen LogP contribution in [0.15, 0.2) is 84.0 Å². The maximum atomic E-state index is 12.6. The second-order valence-electron chi connectivity index (χ2n) is 6.94. The van der Waals surface area contributed by atoms with Crippen LogP contribution < -0.4 is 5.32 Å². The van der Waals surface area contributed by atoms with E-state index in [2.05, 4.69) is 22.4 Å². The highest BCUT2D eigenvalue weighted by Crippen LogP contribution is 2.22. The lowest BCUT2D eigenvalue weighted by Gasteiger charge is -2.21. The summed E-state index contributed by atoms with van der Waals surface area (Å²) < 4.78 is 0. The number of carbonyl (C=O) groups excluding carboxylic acids is 1. The Hall–Kier alpha value is -2.67. The lowest BCUT2D eigenvalue weighted by Crippen LogP contribution is -2.36. The van der Waals surface area contributed by atoms with Crippen molar-refractivity contribution >= 4 is 23.4 Å². The van der Waals surface area contributed by atoms with Crippen LogP contribution in [0.2, 0.25) is 0 Å². The molecule has 6 heteroatoms. The molecule has 0 saturated carbocycles. The molecule has 0 aliphatic carbocycles. The maximum Gasteiger partial charge on any atom is 0.238 e. The number of hydrogen-bond acceptors (Lipinski definition) is 5. The number of aromatic nitrogens is 1. The number of rotatable bonds is 11. The number of aliphatic hydroxyl groups excluding tert-OH is 1. The van der Waals surface area contributed by atoms with Crippen molar-refractivity contribution in [3.63, 3.8) is 0 Å². The smallest absolute Gasteiger partial charge is 0.238 e. The zero-order valence-corrected chi connectivity index (χ0v) is 17.7. The van der Waals surface area contributed by atoms with Crippen LogP contribution in [0.5, 0.6) is 0 Å². The molecule has 0 radical (unpaired) electrons. The zero-order chi connectivity index (χ0) is 21.0. The molecule has 2 aromatic carbocycles. The van der Waals surface area contributed by atoms with Crippen molar-refractivity contribution in [3.8, 4) is 0 Å². The third-order valence-electron chi connectivity index (χ3n) is 4.58. The van der Waals surface area contributed by atoms with Gasteiger partial charge in [-0.2, -0.15) is 0 Å². The van der Waals surface area contributed by atoms with Crippen molar-refractivity contribution in [3.05, 3.63) is 90.1 Å². The highest BCUT2D eigenvalue weighted by atomic mass is 32.2. The largest absolute Gasteiger partial charge is 0.395 e. The molecular weight excluding hydrogens is 394 g/mol. The Morgan fingerprint density at radius 1 is 0.967 bits per heavy atom. The van der Waals surface area contributed by atoms with Gasteiger partial charge in [0.1, 0.15) is 0 Å². The van der Waals surface area contributed by atoms with Gasteiger partial charge in [0.2, 0.25) is 5.91 Å². The number of amides is 1. The number of thioether (sulfide) groups is 1. The summed E-state index contributed by atoms with van der Waals surface area (Å²) in [6, 6.07) is 23.9. The van der Waals surface area contributed by atoms with Crippen LogP contribution in [-0.4, -0.2) is 47.1 Å². The molecule has 0 bridgehead atoms. The van der Waals surface area contributed by atoms with Gasteiger partial charge in [-0.1, -0.05) is 48.5 Å². The quantitative estimate of drug-likeness (QED) is 0.461. The second kappa shape index (κ2) is 12.1. The highest BCUT2D eigenvalue weighted by Gasteiger charge is 2.11. The molecule has 156 valence electrons. The fourth-order valence-corrected chi connectivity index (χ4v) is 3.88. The number of anilines is 1. The van der Waals surface area contributed by atoms with E-state index >= 15 is 0 Å². The van der Waals surface area contributed by atoms with Crippen LogP contribution >= 0.6 is 11.8 Å². The van der Waals surface area contributed by atoms with E-state index in [1.807, 2.05) is 65.6 Å². The van der Waals surface area contributed by atoms with Gasteiger partial charge in [0.25, 0.3) is 0 Å². The van der Waals surface area contributed by atoms with Gasteiger partial charge in [0, 0.05) is 30.7 Å². The molecule has 0 aliphatic heterocycles. The van der Waals surface area contributed by atoms with E-state index in [1.54, 1.807) is 18.0 Å². The van der Waals surface area contributed by atoms with Gasteiger partial charge in [-0.3, -0.25) is 9.69 Å². The lowest BCUT2D eigenvalue weighted by atomic mass is 10.1. The van der Waals surface area contributed by atoms with Crippen molar-refractivity contribution in [2.45, 2.75) is 17.2 Å². The van der Waals surface area contributed by atoms with Crippen LogP contribution in [0.4, 0.5) is 5.69 Å². The molecule has 1 heterocycles. The van der Waals surface area contributed by atoms with E-state index in [4.69, 9.17) is 0 Å². The zero-order valence-electron chi connectivity index (χ0n) is 16.9. The van der Waals surface area contributed by atoms with Crippen LogP contribution in [-0.2, 0) is 17.0 Å². The highest BCUT2D eigenvalue weighted by molar-refractivity contribution is 7.98. The van der Waals surface area contributed by atoms with Gasteiger partial charge in [-0.05, 0) is 41.8 Å². The van der Waals surface area contributed by atoms with Gasteiger partial charge >= 0.3 is 0 Å². The van der Waals surface area contributed by atoms with Crippen LogP contribution in [0.3, 0.4) is 0 Å². The fraction of sp³-hybridized carbons (Fsp3) is 0.250. The first-order valence-electron chi connectivity index (χ1n) is 10.0. The molecule has 3 aromatic rings. The molecule has 2 N–H and O–H groups in total. The van der Waals surface area contributed by atoms with E-state index in [0.29, 0.717) is 6.54 Å². The predicted octanol–water partition coefficient (Wildman–Crippen LogP) is 3.85. The Labute approximate surface area is 182 Å². The minimum atomic E-state index is -0.0777. The van der Waals surface area contributed by atoms with Crippen molar-refractivity contribution in [1.29, 1.82) is 0 Å². The molecule has 1 amide bonds.